The number of hydrogen-bond donors (Lipinski definition) is 1. The van der Waals surface area contributed by atoms with Crippen molar-refractivity contribution in [2.75, 3.05) is 6.54 Å². The number of carbonyl (C=O) groups excluding carboxylic acids is 1. The van der Waals surface area contributed by atoms with Crippen LogP contribution in [-0.2, 0) is 9.59 Å². The molecule has 0 aliphatic carbocycles. The van der Waals surface area contributed by atoms with Gasteiger partial charge in [-0.25, -0.2) is 0 Å². The standard InChI is InChI=1S/C8H9NO3S2/c1-2-3-5-7(12)9(4-6(10)11)8(13)14-5/h3H,2,4H2,1H3,(H,10,11)/b5-3-. The molecule has 1 rings (SSSR count). The van der Waals surface area contributed by atoms with Crippen LogP contribution in [0.1, 0.15) is 13.3 Å². The van der Waals surface area contributed by atoms with Crippen LogP contribution in [0.3, 0.4) is 0 Å². The predicted octanol–water partition coefficient (Wildman–Crippen LogP) is 1.23. The molecule has 0 aromatic carbocycles. The molecular formula is C8H9NO3S2. The number of allylic oxidation sites excluding steroid dienone is 1. The van der Waals surface area contributed by atoms with Gasteiger partial charge in [0.15, 0.2) is 0 Å². The fourth-order valence-corrected chi connectivity index (χ4v) is 2.30. The molecule has 1 N–H and O–H groups in total. The van der Waals surface area contributed by atoms with Gasteiger partial charge < -0.3 is 5.11 Å². The van der Waals surface area contributed by atoms with Gasteiger partial charge >= 0.3 is 5.97 Å². The van der Waals surface area contributed by atoms with Crippen molar-refractivity contribution in [1.82, 2.24) is 4.90 Å². The monoisotopic (exact) mass is 231 g/mol. The Balaban J connectivity index is 2.80. The number of aliphatic carboxylic acids is 1. The normalized spacial score (nSPS) is 19.5. The third kappa shape index (κ3) is 2.33. The van der Waals surface area contributed by atoms with Gasteiger partial charge in [0.05, 0.1) is 4.91 Å². The van der Waals surface area contributed by atoms with Crippen LogP contribution < -0.4 is 0 Å². The number of thiocarbonyl (C=S) groups is 1. The average molecular weight is 231 g/mol. The molecule has 1 amide bonds. The molecule has 0 atom stereocenters. The molecule has 14 heavy (non-hydrogen) atoms. The molecule has 1 heterocycles. The van der Waals surface area contributed by atoms with E-state index in [0.29, 0.717) is 9.23 Å². The fourth-order valence-electron chi connectivity index (χ4n) is 0.995. The minimum atomic E-state index is -1.06. The van der Waals surface area contributed by atoms with Crippen LogP contribution in [0, 0.1) is 0 Å². The Bertz CT molecular complexity index is 325. The molecule has 0 aromatic rings. The van der Waals surface area contributed by atoms with Gasteiger partial charge in [0, 0.05) is 0 Å². The number of carboxylic acid groups (broad SMARTS) is 1. The summed E-state index contributed by atoms with van der Waals surface area (Å²) in [5.41, 5.74) is 0. The van der Waals surface area contributed by atoms with Gasteiger partial charge in [0.1, 0.15) is 10.9 Å². The van der Waals surface area contributed by atoms with E-state index < -0.39 is 5.97 Å². The largest absolute Gasteiger partial charge is 0.480 e. The lowest BCUT2D eigenvalue weighted by Gasteiger charge is -2.09. The molecule has 76 valence electrons. The van der Waals surface area contributed by atoms with Gasteiger partial charge in [-0.2, -0.15) is 0 Å². The summed E-state index contributed by atoms with van der Waals surface area (Å²) in [4.78, 5) is 23.6. The number of carbonyl (C=O) groups is 2. The van der Waals surface area contributed by atoms with Crippen LogP contribution in [0.4, 0.5) is 0 Å². The van der Waals surface area contributed by atoms with E-state index in [1.165, 1.54) is 0 Å². The van der Waals surface area contributed by atoms with Crippen LogP contribution >= 0.6 is 24.0 Å². The molecule has 6 heteroatoms. The zero-order valence-corrected chi connectivity index (χ0v) is 9.15. The van der Waals surface area contributed by atoms with E-state index in [4.69, 9.17) is 17.3 Å². The van der Waals surface area contributed by atoms with E-state index >= 15 is 0 Å². The predicted molar refractivity (Wildman–Crippen MR) is 57.9 cm³/mol. The first-order valence-electron chi connectivity index (χ1n) is 4.02. The minimum Gasteiger partial charge on any atom is -0.480 e. The van der Waals surface area contributed by atoms with Crippen molar-refractivity contribution in [2.24, 2.45) is 0 Å². The second-order valence-corrected chi connectivity index (χ2v) is 4.31. The number of nitrogens with zero attached hydrogens (tertiary/aromatic N) is 1. The fraction of sp³-hybridized carbons (Fsp3) is 0.375. The van der Waals surface area contributed by atoms with E-state index in [-0.39, 0.29) is 12.5 Å². The number of amides is 1. The van der Waals surface area contributed by atoms with Crippen LogP contribution in [0.25, 0.3) is 0 Å². The summed E-state index contributed by atoms with van der Waals surface area (Å²) in [6.45, 7) is 1.55. The van der Waals surface area contributed by atoms with Gasteiger partial charge in [-0.3, -0.25) is 14.5 Å². The molecular weight excluding hydrogens is 222 g/mol. The second kappa shape index (κ2) is 4.56. The summed E-state index contributed by atoms with van der Waals surface area (Å²) in [6.07, 6.45) is 2.48. The van der Waals surface area contributed by atoms with Crippen LogP contribution in [0.5, 0.6) is 0 Å². The van der Waals surface area contributed by atoms with E-state index in [9.17, 15) is 9.59 Å². The summed E-state index contributed by atoms with van der Waals surface area (Å²) in [5.74, 6) is -1.36. The third-order valence-electron chi connectivity index (χ3n) is 1.56. The smallest absolute Gasteiger partial charge is 0.323 e. The van der Waals surface area contributed by atoms with Crippen LogP contribution in [0.15, 0.2) is 11.0 Å². The average Bonchev–Trinajstić information content (AvgIpc) is 2.33. The number of carboxylic acids is 1. The first-order valence-corrected chi connectivity index (χ1v) is 5.24. The lowest BCUT2D eigenvalue weighted by Crippen LogP contribution is -2.33. The Kier molecular flexibility index (Phi) is 3.65. The minimum absolute atomic E-state index is 0.302. The maximum atomic E-state index is 11.5. The molecule has 1 saturated heterocycles. The molecule has 0 unspecified atom stereocenters. The van der Waals surface area contributed by atoms with Gasteiger partial charge in [-0.05, 0) is 6.42 Å². The van der Waals surface area contributed by atoms with Crippen molar-refractivity contribution >= 4 is 40.2 Å². The molecule has 1 aliphatic rings. The van der Waals surface area contributed by atoms with Gasteiger partial charge in [0.25, 0.3) is 5.91 Å². The molecule has 0 radical (unpaired) electrons. The number of rotatable bonds is 3. The first kappa shape index (κ1) is 11.2. The Labute approximate surface area is 91.0 Å². The highest BCUT2D eigenvalue weighted by atomic mass is 32.2. The summed E-state index contributed by atoms with van der Waals surface area (Å²) in [6, 6.07) is 0. The molecule has 1 aliphatic heterocycles. The molecule has 0 bridgehead atoms. The first-order chi connectivity index (χ1) is 6.56. The van der Waals surface area contributed by atoms with Crippen molar-refractivity contribution in [3.8, 4) is 0 Å². The zero-order chi connectivity index (χ0) is 10.7. The molecule has 0 aromatic heterocycles. The summed E-state index contributed by atoms with van der Waals surface area (Å²) in [5, 5.41) is 8.54. The lowest BCUT2D eigenvalue weighted by molar-refractivity contribution is -0.140. The number of hydrogen-bond acceptors (Lipinski definition) is 4. The quantitative estimate of drug-likeness (QED) is 0.584. The van der Waals surface area contributed by atoms with Crippen molar-refractivity contribution in [3.63, 3.8) is 0 Å². The van der Waals surface area contributed by atoms with Gasteiger partial charge in [-0.1, -0.05) is 37.0 Å². The van der Waals surface area contributed by atoms with Crippen LogP contribution in [0.2, 0.25) is 0 Å². The maximum absolute atomic E-state index is 11.5. The summed E-state index contributed by atoms with van der Waals surface area (Å²) >= 11 is 6.05. The highest BCUT2D eigenvalue weighted by Gasteiger charge is 2.32. The Morgan fingerprint density at radius 1 is 1.71 bits per heavy atom. The van der Waals surface area contributed by atoms with Crippen molar-refractivity contribution in [2.45, 2.75) is 13.3 Å². The van der Waals surface area contributed by atoms with E-state index in [1.807, 2.05) is 6.92 Å². The highest BCUT2D eigenvalue weighted by Crippen LogP contribution is 2.30. The lowest BCUT2D eigenvalue weighted by atomic mass is 10.4. The zero-order valence-electron chi connectivity index (χ0n) is 7.52. The Morgan fingerprint density at radius 3 is 2.86 bits per heavy atom. The number of thioether (sulfide) groups is 1. The van der Waals surface area contributed by atoms with Gasteiger partial charge in [0.2, 0.25) is 0 Å². The molecule has 4 nitrogen and oxygen atoms in total. The van der Waals surface area contributed by atoms with Crippen molar-refractivity contribution < 1.29 is 14.7 Å². The van der Waals surface area contributed by atoms with Crippen molar-refractivity contribution in [1.29, 1.82) is 0 Å². The topological polar surface area (TPSA) is 57.6 Å². The third-order valence-corrected chi connectivity index (χ3v) is 2.98. The van der Waals surface area contributed by atoms with Gasteiger partial charge in [-0.15, -0.1) is 0 Å². The molecule has 1 fully saturated rings. The molecule has 0 spiro atoms. The SMILES string of the molecule is CC/C=C1\SC(=S)N(CC(=O)O)C1=O. The summed E-state index contributed by atoms with van der Waals surface area (Å²) in [7, 11) is 0. The highest BCUT2D eigenvalue weighted by molar-refractivity contribution is 8.26. The van der Waals surface area contributed by atoms with Crippen molar-refractivity contribution in [3.05, 3.63) is 11.0 Å². The Morgan fingerprint density at radius 2 is 2.36 bits per heavy atom. The van der Waals surface area contributed by atoms with E-state index in [0.717, 1.165) is 23.1 Å². The summed E-state index contributed by atoms with van der Waals surface area (Å²) < 4.78 is 0.317. The van der Waals surface area contributed by atoms with E-state index in [1.54, 1.807) is 6.08 Å². The maximum Gasteiger partial charge on any atom is 0.323 e. The Hall–Kier alpha value is -0.880. The second-order valence-electron chi connectivity index (χ2n) is 2.63. The molecule has 0 saturated carbocycles. The van der Waals surface area contributed by atoms with Crippen LogP contribution in [-0.4, -0.2) is 32.7 Å². The van der Waals surface area contributed by atoms with E-state index in [2.05, 4.69) is 0 Å².